The highest BCUT2D eigenvalue weighted by Crippen LogP contribution is 2.39. The summed E-state index contributed by atoms with van der Waals surface area (Å²) in [5.74, 6) is 0.698. The number of carbonyl (C=O) groups excluding carboxylic acids is 1. The van der Waals surface area contributed by atoms with E-state index in [1.165, 1.54) is 23.4 Å². The molecule has 0 radical (unpaired) electrons. The van der Waals surface area contributed by atoms with Crippen molar-refractivity contribution in [3.05, 3.63) is 33.9 Å². The molecule has 2 fully saturated rings. The van der Waals surface area contributed by atoms with Gasteiger partial charge in [0.25, 0.3) is 5.56 Å². The zero-order valence-corrected chi connectivity index (χ0v) is 12.0. The van der Waals surface area contributed by atoms with Crippen LogP contribution in [-0.4, -0.2) is 31.9 Å². The van der Waals surface area contributed by atoms with Gasteiger partial charge in [-0.05, 0) is 26.2 Å². The largest absolute Gasteiger partial charge is 0.334 e. The van der Waals surface area contributed by atoms with Crippen molar-refractivity contribution in [3.8, 4) is 0 Å². The van der Waals surface area contributed by atoms with Crippen molar-refractivity contribution < 1.29 is 4.79 Å². The van der Waals surface area contributed by atoms with E-state index in [4.69, 9.17) is 0 Å². The highest BCUT2D eigenvalue weighted by Gasteiger charge is 2.28. The highest BCUT2D eigenvalue weighted by molar-refractivity contribution is 5.78. The van der Waals surface area contributed by atoms with Crippen LogP contribution in [0.25, 0.3) is 5.65 Å². The van der Waals surface area contributed by atoms with Gasteiger partial charge in [0.1, 0.15) is 0 Å². The summed E-state index contributed by atoms with van der Waals surface area (Å²) in [4.78, 5) is 30.5. The normalized spacial score (nSPS) is 20.4. The molecule has 1 amide bonds. The molecule has 1 saturated carbocycles. The first-order valence-corrected chi connectivity index (χ1v) is 7.55. The molecular formula is C15H18N4O2. The summed E-state index contributed by atoms with van der Waals surface area (Å²) in [6.07, 6.45) is 3.84. The summed E-state index contributed by atoms with van der Waals surface area (Å²) < 4.78 is 1.50. The first-order valence-electron chi connectivity index (χ1n) is 7.55. The van der Waals surface area contributed by atoms with Gasteiger partial charge >= 0.3 is 0 Å². The lowest BCUT2D eigenvalue weighted by atomic mass is 10.2. The first-order chi connectivity index (χ1) is 10.1. The summed E-state index contributed by atoms with van der Waals surface area (Å²) in [7, 11) is 0. The maximum absolute atomic E-state index is 12.2. The fraction of sp³-hybridized carbons (Fsp3) is 0.533. The molecule has 1 unspecified atom stereocenters. The molecule has 0 spiro atoms. The zero-order chi connectivity index (χ0) is 14.6. The van der Waals surface area contributed by atoms with Crippen LogP contribution in [0.2, 0.25) is 0 Å². The van der Waals surface area contributed by atoms with Crippen LogP contribution in [-0.2, 0) is 4.79 Å². The second kappa shape index (κ2) is 4.44. The molecule has 3 heterocycles. The molecule has 1 aliphatic carbocycles. The average molecular weight is 286 g/mol. The maximum atomic E-state index is 12.2. The molecule has 4 rings (SSSR count). The van der Waals surface area contributed by atoms with Gasteiger partial charge < -0.3 is 4.90 Å². The summed E-state index contributed by atoms with van der Waals surface area (Å²) in [5.41, 5.74) is 2.30. The standard InChI is InChI=1S/C15H18N4O2/c1-9(18-6-2-3-14(18)20)11-8-15(21)19-13(16-11)7-12(17-19)10-4-5-10/h7-10,17H,2-6H2,1H3. The molecule has 2 aromatic rings. The Morgan fingerprint density at radius 1 is 1.33 bits per heavy atom. The van der Waals surface area contributed by atoms with Crippen molar-refractivity contribution >= 4 is 11.6 Å². The number of H-pyrrole nitrogens is 1. The Morgan fingerprint density at radius 3 is 2.81 bits per heavy atom. The van der Waals surface area contributed by atoms with E-state index in [2.05, 4.69) is 10.1 Å². The van der Waals surface area contributed by atoms with E-state index in [1.807, 2.05) is 17.9 Å². The van der Waals surface area contributed by atoms with Crippen LogP contribution in [0.3, 0.4) is 0 Å². The average Bonchev–Trinajstić information content (AvgIpc) is 3.08. The fourth-order valence-corrected chi connectivity index (χ4v) is 3.08. The Hall–Kier alpha value is -2.11. The van der Waals surface area contributed by atoms with E-state index in [0.717, 1.165) is 18.7 Å². The number of aromatic nitrogens is 3. The fourth-order valence-electron chi connectivity index (χ4n) is 3.08. The third-order valence-electron chi connectivity index (χ3n) is 4.51. The molecule has 21 heavy (non-hydrogen) atoms. The van der Waals surface area contributed by atoms with Crippen molar-refractivity contribution in [2.24, 2.45) is 0 Å². The predicted molar refractivity (Wildman–Crippen MR) is 77.1 cm³/mol. The summed E-state index contributed by atoms with van der Waals surface area (Å²) in [6.45, 7) is 2.69. The van der Waals surface area contributed by atoms with E-state index in [9.17, 15) is 9.59 Å². The lowest BCUT2D eigenvalue weighted by Crippen LogP contribution is -2.30. The number of nitrogens with one attached hydrogen (secondary N) is 1. The Kier molecular flexibility index (Phi) is 2.67. The number of hydrogen-bond acceptors (Lipinski definition) is 3. The Labute approximate surface area is 121 Å². The lowest BCUT2D eigenvalue weighted by molar-refractivity contribution is -0.129. The molecule has 110 valence electrons. The van der Waals surface area contributed by atoms with Crippen LogP contribution in [0.15, 0.2) is 16.9 Å². The lowest BCUT2D eigenvalue weighted by Gasteiger charge is -2.23. The first kappa shape index (κ1) is 12.6. The highest BCUT2D eigenvalue weighted by atomic mass is 16.2. The summed E-state index contributed by atoms with van der Waals surface area (Å²) >= 11 is 0. The number of likely N-dealkylation sites (tertiary alicyclic amines) is 1. The molecule has 0 aromatic carbocycles. The van der Waals surface area contributed by atoms with E-state index in [1.54, 1.807) is 0 Å². The SMILES string of the molecule is CC(c1cc(=O)n2[nH]c(C3CC3)cc2n1)N1CCCC1=O. The van der Waals surface area contributed by atoms with Gasteiger partial charge in [-0.15, -0.1) is 0 Å². The minimum Gasteiger partial charge on any atom is -0.334 e. The monoisotopic (exact) mass is 286 g/mol. The third-order valence-corrected chi connectivity index (χ3v) is 4.51. The third kappa shape index (κ3) is 2.05. The quantitative estimate of drug-likeness (QED) is 0.931. The van der Waals surface area contributed by atoms with Gasteiger partial charge in [0, 0.05) is 36.7 Å². The van der Waals surface area contributed by atoms with Gasteiger partial charge in [-0.1, -0.05) is 0 Å². The number of nitrogens with zero attached hydrogens (tertiary/aromatic N) is 3. The number of rotatable bonds is 3. The molecule has 1 atom stereocenters. The van der Waals surface area contributed by atoms with Crippen molar-refractivity contribution in [3.63, 3.8) is 0 Å². The van der Waals surface area contributed by atoms with E-state index in [-0.39, 0.29) is 17.5 Å². The second-order valence-electron chi connectivity index (χ2n) is 6.07. The minimum atomic E-state index is -0.142. The zero-order valence-electron chi connectivity index (χ0n) is 12.0. The number of fused-ring (bicyclic) bond motifs is 1. The van der Waals surface area contributed by atoms with Gasteiger partial charge in [-0.3, -0.25) is 14.7 Å². The molecule has 2 aromatic heterocycles. The number of amides is 1. The second-order valence-corrected chi connectivity index (χ2v) is 6.07. The minimum absolute atomic E-state index is 0.111. The molecule has 1 N–H and O–H groups in total. The van der Waals surface area contributed by atoms with Crippen LogP contribution in [0, 0.1) is 0 Å². The Balaban J connectivity index is 1.75. The van der Waals surface area contributed by atoms with Crippen LogP contribution < -0.4 is 5.56 Å². The smallest absolute Gasteiger partial charge is 0.272 e. The number of hydrogen-bond donors (Lipinski definition) is 1. The molecule has 0 bridgehead atoms. The van der Waals surface area contributed by atoms with Gasteiger partial charge in [0.2, 0.25) is 5.91 Å². The van der Waals surface area contributed by atoms with Crippen molar-refractivity contribution in [1.82, 2.24) is 19.5 Å². The molecule has 6 heteroatoms. The molecule has 6 nitrogen and oxygen atoms in total. The van der Waals surface area contributed by atoms with Gasteiger partial charge in [0.05, 0.1) is 11.7 Å². The van der Waals surface area contributed by atoms with Crippen LogP contribution in [0.4, 0.5) is 0 Å². The maximum Gasteiger partial charge on any atom is 0.272 e. The molecule has 2 aliphatic rings. The van der Waals surface area contributed by atoms with Gasteiger partial charge in [0.15, 0.2) is 5.65 Å². The van der Waals surface area contributed by atoms with Crippen LogP contribution >= 0.6 is 0 Å². The van der Waals surface area contributed by atoms with Gasteiger partial charge in [-0.25, -0.2) is 9.50 Å². The Morgan fingerprint density at radius 2 is 2.14 bits per heavy atom. The van der Waals surface area contributed by atoms with E-state index < -0.39 is 0 Å². The topological polar surface area (TPSA) is 70.5 Å². The molecule has 1 aliphatic heterocycles. The molecule has 1 saturated heterocycles. The van der Waals surface area contributed by atoms with Crippen molar-refractivity contribution in [1.29, 1.82) is 0 Å². The van der Waals surface area contributed by atoms with Crippen LogP contribution in [0.5, 0.6) is 0 Å². The predicted octanol–water partition coefficient (Wildman–Crippen LogP) is 1.58. The molecular weight excluding hydrogens is 268 g/mol. The van der Waals surface area contributed by atoms with Crippen molar-refractivity contribution in [2.45, 2.75) is 44.6 Å². The van der Waals surface area contributed by atoms with Crippen molar-refractivity contribution in [2.75, 3.05) is 6.54 Å². The van der Waals surface area contributed by atoms with E-state index >= 15 is 0 Å². The Bertz CT molecular complexity index is 772. The van der Waals surface area contributed by atoms with Gasteiger partial charge in [-0.2, -0.15) is 0 Å². The summed E-state index contributed by atoms with van der Waals surface area (Å²) in [6, 6.07) is 3.36. The van der Waals surface area contributed by atoms with E-state index in [0.29, 0.717) is 23.7 Å². The number of carbonyl (C=O) groups is 1. The summed E-state index contributed by atoms with van der Waals surface area (Å²) in [5, 5.41) is 3.13. The number of aromatic amines is 1. The van der Waals surface area contributed by atoms with Crippen LogP contribution in [0.1, 0.15) is 56.0 Å².